The van der Waals surface area contributed by atoms with Crippen LogP contribution in [0.1, 0.15) is 19.8 Å². The number of ketones is 1. The number of carbonyl (C=O) groups is 2. The van der Waals surface area contributed by atoms with Gasteiger partial charge in [-0.3, -0.25) is 9.59 Å². The van der Waals surface area contributed by atoms with E-state index in [-0.39, 0.29) is 23.8 Å². The van der Waals surface area contributed by atoms with E-state index in [1.807, 2.05) is 0 Å². The van der Waals surface area contributed by atoms with Crippen molar-refractivity contribution in [3.05, 3.63) is 0 Å². The molecular formula is C10H15NO3. The molecule has 0 radical (unpaired) electrons. The summed E-state index contributed by atoms with van der Waals surface area (Å²) in [6.07, 6.45) is 1.47. The average Bonchev–Trinajstić information content (AvgIpc) is 2.69. The van der Waals surface area contributed by atoms with Gasteiger partial charge in [0, 0.05) is 18.9 Å². The summed E-state index contributed by atoms with van der Waals surface area (Å²) in [6, 6.07) is -0.244. The van der Waals surface area contributed by atoms with Crippen LogP contribution in [0, 0.1) is 11.8 Å². The Balaban J connectivity index is 2.03. The van der Waals surface area contributed by atoms with E-state index in [9.17, 15) is 9.59 Å². The van der Waals surface area contributed by atoms with E-state index in [0.717, 1.165) is 6.42 Å². The van der Waals surface area contributed by atoms with Crippen molar-refractivity contribution < 1.29 is 14.3 Å². The van der Waals surface area contributed by atoms with E-state index in [0.29, 0.717) is 25.4 Å². The van der Waals surface area contributed by atoms with Gasteiger partial charge in [0.25, 0.3) is 0 Å². The summed E-state index contributed by atoms with van der Waals surface area (Å²) in [5.74, 6) is 0.343. The molecule has 0 aromatic rings. The minimum Gasteiger partial charge on any atom is -0.465 e. The van der Waals surface area contributed by atoms with Crippen LogP contribution >= 0.6 is 0 Å². The highest BCUT2D eigenvalue weighted by molar-refractivity contribution is 5.87. The van der Waals surface area contributed by atoms with E-state index < -0.39 is 0 Å². The summed E-state index contributed by atoms with van der Waals surface area (Å²) >= 11 is 0. The normalized spacial score (nSPS) is 35.8. The lowest BCUT2D eigenvalue weighted by Gasteiger charge is -2.15. The van der Waals surface area contributed by atoms with Crippen LogP contribution in [0.15, 0.2) is 0 Å². The lowest BCUT2D eigenvalue weighted by atomic mass is 9.94. The fourth-order valence-electron chi connectivity index (χ4n) is 2.49. The number of ether oxygens (including phenoxy) is 1. The molecule has 0 unspecified atom stereocenters. The van der Waals surface area contributed by atoms with E-state index in [1.165, 1.54) is 0 Å². The summed E-state index contributed by atoms with van der Waals surface area (Å²) in [6.45, 7) is 2.85. The number of hydrogen-bond donors (Lipinski definition) is 1. The van der Waals surface area contributed by atoms with Crippen molar-refractivity contribution in [2.75, 3.05) is 13.2 Å². The molecule has 0 amide bonds. The lowest BCUT2D eigenvalue weighted by Crippen LogP contribution is -2.37. The summed E-state index contributed by atoms with van der Waals surface area (Å²) in [5.41, 5.74) is 0. The Morgan fingerprint density at radius 2 is 2.43 bits per heavy atom. The summed E-state index contributed by atoms with van der Waals surface area (Å²) in [5, 5.41) is 3.08. The van der Waals surface area contributed by atoms with Crippen molar-refractivity contribution in [1.29, 1.82) is 0 Å². The zero-order chi connectivity index (χ0) is 10.1. The zero-order valence-electron chi connectivity index (χ0n) is 8.29. The van der Waals surface area contributed by atoms with Crippen molar-refractivity contribution in [2.24, 2.45) is 11.8 Å². The molecule has 14 heavy (non-hydrogen) atoms. The predicted molar refractivity (Wildman–Crippen MR) is 49.6 cm³/mol. The second-order valence-corrected chi connectivity index (χ2v) is 3.91. The zero-order valence-corrected chi connectivity index (χ0v) is 8.29. The predicted octanol–water partition coefficient (Wildman–Crippen LogP) is 0.117. The lowest BCUT2D eigenvalue weighted by molar-refractivity contribution is -0.146. The molecule has 1 saturated heterocycles. The van der Waals surface area contributed by atoms with Crippen LogP contribution in [-0.4, -0.2) is 30.9 Å². The molecule has 2 rings (SSSR count). The topological polar surface area (TPSA) is 55.4 Å². The Kier molecular flexibility index (Phi) is 2.54. The molecule has 4 heteroatoms. The van der Waals surface area contributed by atoms with Gasteiger partial charge < -0.3 is 10.1 Å². The van der Waals surface area contributed by atoms with Gasteiger partial charge in [-0.1, -0.05) is 0 Å². The second-order valence-electron chi connectivity index (χ2n) is 3.91. The first-order chi connectivity index (χ1) is 6.74. The minimum atomic E-state index is -0.244. The number of Topliss-reactive ketones (excluding diaryl/α,β-unsaturated/α-hetero) is 1. The molecule has 0 aromatic heterocycles. The van der Waals surface area contributed by atoms with Gasteiger partial charge in [-0.05, 0) is 19.3 Å². The van der Waals surface area contributed by atoms with Crippen LogP contribution in [0.3, 0.4) is 0 Å². The van der Waals surface area contributed by atoms with Gasteiger partial charge in [-0.2, -0.15) is 0 Å². The maximum absolute atomic E-state index is 11.5. The number of hydrogen-bond acceptors (Lipinski definition) is 4. The SMILES string of the molecule is CCOC(=O)[C@H]1NC[C@@H]2C(=O)CC[C@@H]21. The first kappa shape index (κ1) is 9.65. The van der Waals surface area contributed by atoms with Crippen molar-refractivity contribution in [2.45, 2.75) is 25.8 Å². The van der Waals surface area contributed by atoms with Gasteiger partial charge in [0.15, 0.2) is 0 Å². The number of carbonyl (C=O) groups excluding carboxylic acids is 2. The van der Waals surface area contributed by atoms with Crippen LogP contribution in [0.5, 0.6) is 0 Å². The highest BCUT2D eigenvalue weighted by atomic mass is 16.5. The highest BCUT2D eigenvalue weighted by Gasteiger charge is 2.47. The molecule has 0 bridgehead atoms. The van der Waals surface area contributed by atoms with Crippen molar-refractivity contribution >= 4 is 11.8 Å². The Morgan fingerprint density at radius 1 is 1.64 bits per heavy atom. The maximum atomic E-state index is 11.5. The minimum absolute atomic E-state index is 0.0596. The summed E-state index contributed by atoms with van der Waals surface area (Å²) < 4.78 is 4.96. The second kappa shape index (κ2) is 3.69. The molecule has 1 aliphatic heterocycles. The van der Waals surface area contributed by atoms with Gasteiger partial charge in [0.05, 0.1) is 6.61 Å². The van der Waals surface area contributed by atoms with E-state index in [2.05, 4.69) is 5.32 Å². The highest BCUT2D eigenvalue weighted by Crippen LogP contribution is 2.35. The number of esters is 1. The standard InChI is InChI=1S/C10H15NO3/c1-2-14-10(13)9-6-3-4-8(12)7(6)5-11-9/h6-7,9,11H,2-5H2,1H3/t6-,7-,9-/m0/s1. The number of rotatable bonds is 2. The molecule has 1 N–H and O–H groups in total. The Bertz CT molecular complexity index is 264. The van der Waals surface area contributed by atoms with E-state index in [1.54, 1.807) is 6.92 Å². The van der Waals surface area contributed by atoms with Crippen LogP contribution < -0.4 is 5.32 Å². The maximum Gasteiger partial charge on any atom is 0.323 e. The molecule has 1 heterocycles. The monoisotopic (exact) mass is 197 g/mol. The van der Waals surface area contributed by atoms with Gasteiger partial charge >= 0.3 is 5.97 Å². The molecule has 2 fully saturated rings. The molecule has 4 nitrogen and oxygen atoms in total. The average molecular weight is 197 g/mol. The Labute approximate surface area is 83.0 Å². The molecule has 1 saturated carbocycles. The quantitative estimate of drug-likeness (QED) is 0.639. The largest absolute Gasteiger partial charge is 0.465 e. The fourth-order valence-corrected chi connectivity index (χ4v) is 2.49. The molecular weight excluding hydrogens is 182 g/mol. The van der Waals surface area contributed by atoms with Crippen LogP contribution in [-0.2, 0) is 14.3 Å². The van der Waals surface area contributed by atoms with Gasteiger partial charge in [0.2, 0.25) is 0 Å². The first-order valence-corrected chi connectivity index (χ1v) is 5.16. The van der Waals surface area contributed by atoms with Crippen molar-refractivity contribution in [3.63, 3.8) is 0 Å². The molecule has 2 aliphatic rings. The summed E-state index contributed by atoms with van der Waals surface area (Å²) in [4.78, 5) is 22.9. The van der Waals surface area contributed by atoms with Crippen molar-refractivity contribution in [3.8, 4) is 0 Å². The molecule has 0 spiro atoms. The summed E-state index contributed by atoms with van der Waals surface area (Å²) in [7, 11) is 0. The molecule has 1 aliphatic carbocycles. The van der Waals surface area contributed by atoms with Crippen LogP contribution in [0.2, 0.25) is 0 Å². The van der Waals surface area contributed by atoms with Crippen LogP contribution in [0.4, 0.5) is 0 Å². The van der Waals surface area contributed by atoms with Gasteiger partial charge in [-0.15, -0.1) is 0 Å². The third-order valence-corrected chi connectivity index (χ3v) is 3.18. The van der Waals surface area contributed by atoms with E-state index in [4.69, 9.17) is 4.74 Å². The fraction of sp³-hybridized carbons (Fsp3) is 0.800. The van der Waals surface area contributed by atoms with Gasteiger partial charge in [0.1, 0.15) is 11.8 Å². The molecule has 78 valence electrons. The van der Waals surface area contributed by atoms with Gasteiger partial charge in [-0.25, -0.2) is 0 Å². The smallest absolute Gasteiger partial charge is 0.323 e. The Morgan fingerprint density at radius 3 is 3.14 bits per heavy atom. The number of fused-ring (bicyclic) bond motifs is 1. The molecule has 0 aromatic carbocycles. The molecule has 3 atom stereocenters. The Hall–Kier alpha value is -0.900. The number of nitrogens with one attached hydrogen (secondary N) is 1. The first-order valence-electron chi connectivity index (χ1n) is 5.16. The van der Waals surface area contributed by atoms with E-state index >= 15 is 0 Å². The van der Waals surface area contributed by atoms with Crippen LogP contribution in [0.25, 0.3) is 0 Å². The van der Waals surface area contributed by atoms with Crippen molar-refractivity contribution in [1.82, 2.24) is 5.32 Å². The third kappa shape index (κ3) is 1.43. The third-order valence-electron chi connectivity index (χ3n) is 3.18.